The highest BCUT2D eigenvalue weighted by Gasteiger charge is 2.41. The van der Waals surface area contributed by atoms with Crippen LogP contribution < -0.4 is 14.4 Å². The number of hydrogen-bond donors (Lipinski definition) is 0. The van der Waals surface area contributed by atoms with Crippen LogP contribution in [0.25, 0.3) is 0 Å². The fraction of sp³-hybridized carbons (Fsp3) is 0.333. The average molecular weight is 391 g/mol. The highest BCUT2D eigenvalue weighted by molar-refractivity contribution is 6.07. The summed E-state index contributed by atoms with van der Waals surface area (Å²) in [5.41, 5.74) is 4.34. The first-order valence-electron chi connectivity index (χ1n) is 9.92. The number of para-hydroxylation sites is 1. The number of carbonyl (C=O) groups is 2. The summed E-state index contributed by atoms with van der Waals surface area (Å²) in [5, 5.41) is 0. The van der Waals surface area contributed by atoms with Gasteiger partial charge in [-0.3, -0.25) is 14.5 Å². The van der Waals surface area contributed by atoms with Crippen molar-refractivity contribution in [1.82, 2.24) is 0 Å². The molecule has 0 fully saturated rings. The zero-order valence-corrected chi connectivity index (χ0v) is 17.0. The number of anilines is 1. The molecule has 0 bridgehead atoms. The maximum absolute atomic E-state index is 13.3. The molecule has 2 aromatic rings. The van der Waals surface area contributed by atoms with Crippen LogP contribution in [0.3, 0.4) is 0 Å². The second kappa shape index (κ2) is 7.74. The number of allylic oxidation sites excluding steroid dienone is 2. The van der Waals surface area contributed by atoms with Gasteiger partial charge in [0, 0.05) is 41.3 Å². The molecule has 0 aromatic heterocycles. The fourth-order valence-electron chi connectivity index (χ4n) is 4.44. The van der Waals surface area contributed by atoms with E-state index >= 15 is 0 Å². The van der Waals surface area contributed by atoms with E-state index in [4.69, 9.17) is 9.47 Å². The van der Waals surface area contributed by atoms with Crippen LogP contribution in [-0.4, -0.2) is 25.9 Å². The number of carbonyl (C=O) groups excluding carboxylic acids is 2. The Morgan fingerprint density at radius 2 is 1.72 bits per heavy atom. The van der Waals surface area contributed by atoms with Gasteiger partial charge >= 0.3 is 0 Å². The van der Waals surface area contributed by atoms with Crippen molar-refractivity contribution >= 4 is 17.4 Å². The van der Waals surface area contributed by atoms with E-state index in [2.05, 4.69) is 0 Å². The Hall–Kier alpha value is -3.08. The SMILES string of the molecule is COc1cccc([C@@H]2CC(=O)N(c3ccc(C)cc3)C3=C2C(=O)CCC3)c1OC. The van der Waals surface area contributed by atoms with Crippen LogP contribution in [-0.2, 0) is 9.59 Å². The van der Waals surface area contributed by atoms with Gasteiger partial charge in [0.1, 0.15) is 0 Å². The van der Waals surface area contributed by atoms with Crippen molar-refractivity contribution in [2.24, 2.45) is 0 Å². The van der Waals surface area contributed by atoms with Crippen molar-refractivity contribution in [3.05, 3.63) is 64.9 Å². The average Bonchev–Trinajstić information content (AvgIpc) is 2.73. The summed E-state index contributed by atoms with van der Waals surface area (Å²) in [6.07, 6.45) is 2.21. The van der Waals surface area contributed by atoms with E-state index in [0.717, 1.165) is 34.5 Å². The van der Waals surface area contributed by atoms with E-state index < -0.39 is 0 Å². The van der Waals surface area contributed by atoms with Gasteiger partial charge in [-0.1, -0.05) is 29.8 Å². The van der Waals surface area contributed by atoms with Crippen molar-refractivity contribution in [2.75, 3.05) is 19.1 Å². The molecule has 0 spiro atoms. The molecule has 2 aromatic carbocycles. The summed E-state index contributed by atoms with van der Waals surface area (Å²) in [7, 11) is 3.17. The summed E-state index contributed by atoms with van der Waals surface area (Å²) in [6.45, 7) is 2.02. The molecule has 4 rings (SSSR count). The zero-order valence-electron chi connectivity index (χ0n) is 17.0. The Bertz CT molecular complexity index is 990. The number of aryl methyl sites for hydroxylation is 1. The van der Waals surface area contributed by atoms with Crippen LogP contribution in [0.4, 0.5) is 5.69 Å². The quantitative estimate of drug-likeness (QED) is 0.768. The third kappa shape index (κ3) is 3.31. The van der Waals surface area contributed by atoms with Crippen LogP contribution in [0.1, 0.15) is 42.7 Å². The molecule has 0 saturated carbocycles. The van der Waals surface area contributed by atoms with E-state index in [0.29, 0.717) is 24.3 Å². The maximum Gasteiger partial charge on any atom is 0.232 e. The van der Waals surface area contributed by atoms with Gasteiger partial charge < -0.3 is 9.47 Å². The molecule has 0 unspecified atom stereocenters. The minimum atomic E-state index is -0.322. The smallest absolute Gasteiger partial charge is 0.232 e. The predicted octanol–water partition coefficient (Wildman–Crippen LogP) is 4.54. The molecule has 29 heavy (non-hydrogen) atoms. The van der Waals surface area contributed by atoms with Crippen LogP contribution >= 0.6 is 0 Å². The Morgan fingerprint density at radius 3 is 2.41 bits per heavy atom. The topological polar surface area (TPSA) is 55.8 Å². The van der Waals surface area contributed by atoms with Crippen molar-refractivity contribution < 1.29 is 19.1 Å². The van der Waals surface area contributed by atoms with E-state index in [1.54, 1.807) is 19.1 Å². The van der Waals surface area contributed by atoms with Crippen molar-refractivity contribution in [3.63, 3.8) is 0 Å². The summed E-state index contributed by atoms with van der Waals surface area (Å²) in [6, 6.07) is 13.5. The molecule has 1 heterocycles. The highest BCUT2D eigenvalue weighted by atomic mass is 16.5. The van der Waals surface area contributed by atoms with Gasteiger partial charge in [-0.05, 0) is 38.0 Å². The van der Waals surface area contributed by atoms with Crippen LogP contribution in [0, 0.1) is 6.92 Å². The van der Waals surface area contributed by atoms with Crippen LogP contribution in [0.15, 0.2) is 53.7 Å². The molecule has 5 nitrogen and oxygen atoms in total. The molecule has 0 radical (unpaired) electrons. The first-order valence-corrected chi connectivity index (χ1v) is 9.92. The third-order valence-electron chi connectivity index (χ3n) is 5.78. The lowest BCUT2D eigenvalue weighted by Crippen LogP contribution is -2.40. The van der Waals surface area contributed by atoms with Crippen molar-refractivity contribution in [2.45, 2.75) is 38.5 Å². The summed E-state index contributed by atoms with van der Waals surface area (Å²) in [4.78, 5) is 28.1. The van der Waals surface area contributed by atoms with E-state index in [9.17, 15) is 9.59 Å². The van der Waals surface area contributed by atoms with Crippen LogP contribution in [0.2, 0.25) is 0 Å². The predicted molar refractivity (Wildman–Crippen MR) is 111 cm³/mol. The van der Waals surface area contributed by atoms with E-state index in [-0.39, 0.29) is 24.0 Å². The number of ketones is 1. The van der Waals surface area contributed by atoms with Gasteiger partial charge in [0.05, 0.1) is 14.2 Å². The molecule has 1 aliphatic carbocycles. The number of benzene rings is 2. The lowest BCUT2D eigenvalue weighted by atomic mass is 9.76. The number of nitrogens with zero attached hydrogens (tertiary/aromatic N) is 1. The van der Waals surface area contributed by atoms with Gasteiger partial charge in [0.25, 0.3) is 0 Å². The Labute approximate surface area is 170 Å². The molecule has 150 valence electrons. The van der Waals surface area contributed by atoms with Gasteiger partial charge in [-0.15, -0.1) is 0 Å². The molecule has 0 N–H and O–H groups in total. The monoisotopic (exact) mass is 391 g/mol. The molecular formula is C24H25NO4. The number of ether oxygens (including phenoxy) is 2. The number of Topliss-reactive ketones (excluding diaryl/α,β-unsaturated/α-hetero) is 1. The lowest BCUT2D eigenvalue weighted by molar-refractivity contribution is -0.119. The lowest BCUT2D eigenvalue weighted by Gasteiger charge is -2.38. The van der Waals surface area contributed by atoms with Gasteiger partial charge in [0.15, 0.2) is 17.3 Å². The van der Waals surface area contributed by atoms with Gasteiger partial charge in [-0.2, -0.15) is 0 Å². The number of hydrogen-bond acceptors (Lipinski definition) is 4. The summed E-state index contributed by atoms with van der Waals surface area (Å²) in [5.74, 6) is 0.977. The van der Waals surface area contributed by atoms with Gasteiger partial charge in [0.2, 0.25) is 5.91 Å². The Kier molecular flexibility index (Phi) is 5.14. The molecular weight excluding hydrogens is 366 g/mol. The van der Waals surface area contributed by atoms with Gasteiger partial charge in [-0.25, -0.2) is 0 Å². The second-order valence-corrected chi connectivity index (χ2v) is 7.54. The molecule has 2 aliphatic rings. The molecule has 1 amide bonds. The van der Waals surface area contributed by atoms with E-state index in [1.807, 2.05) is 49.4 Å². The van der Waals surface area contributed by atoms with Crippen LogP contribution in [0.5, 0.6) is 11.5 Å². The summed E-state index contributed by atoms with van der Waals surface area (Å²) < 4.78 is 11.0. The first kappa shape index (κ1) is 19.2. The largest absolute Gasteiger partial charge is 0.493 e. The third-order valence-corrected chi connectivity index (χ3v) is 5.78. The summed E-state index contributed by atoms with van der Waals surface area (Å²) >= 11 is 0. The normalized spacial score (nSPS) is 19.3. The highest BCUT2D eigenvalue weighted by Crippen LogP contribution is 2.47. The molecule has 1 aliphatic heterocycles. The van der Waals surface area contributed by atoms with E-state index in [1.165, 1.54) is 0 Å². The number of methoxy groups -OCH3 is 2. The number of amides is 1. The molecule has 5 heteroatoms. The fourth-order valence-corrected chi connectivity index (χ4v) is 4.44. The minimum Gasteiger partial charge on any atom is -0.493 e. The van der Waals surface area contributed by atoms with Crippen molar-refractivity contribution in [3.8, 4) is 11.5 Å². The maximum atomic E-state index is 13.3. The minimum absolute atomic E-state index is 0.00261. The second-order valence-electron chi connectivity index (χ2n) is 7.54. The number of rotatable bonds is 4. The Morgan fingerprint density at radius 1 is 0.966 bits per heavy atom. The first-order chi connectivity index (χ1) is 14.0. The Balaban J connectivity index is 1.88. The standard InChI is InChI=1S/C24H25NO4/c1-15-10-12-16(13-11-15)25-19-7-5-8-20(26)23(19)18(14-22(25)27)17-6-4-9-21(28-2)24(17)29-3/h4,6,9-13,18H,5,7-8,14H2,1-3H3/t18-/m0/s1. The molecule has 1 atom stereocenters. The van der Waals surface area contributed by atoms with Crippen molar-refractivity contribution in [1.29, 1.82) is 0 Å². The molecule has 0 saturated heterocycles. The zero-order chi connectivity index (χ0) is 20.5.